The van der Waals surface area contributed by atoms with Crippen LogP contribution in [0.5, 0.6) is 11.5 Å². The lowest BCUT2D eigenvalue weighted by molar-refractivity contribution is -0.134. The molecule has 5 heteroatoms. The van der Waals surface area contributed by atoms with E-state index in [1.54, 1.807) is 13.3 Å². The first-order chi connectivity index (χ1) is 10.6. The fourth-order valence-electron chi connectivity index (χ4n) is 2.82. The van der Waals surface area contributed by atoms with E-state index in [2.05, 4.69) is 18.9 Å². The van der Waals surface area contributed by atoms with E-state index < -0.39 is 0 Å². The predicted octanol–water partition coefficient (Wildman–Crippen LogP) is 2.99. The second kappa shape index (κ2) is 5.83. The van der Waals surface area contributed by atoms with Gasteiger partial charge < -0.3 is 9.47 Å². The average molecular weight is 300 g/mol. The van der Waals surface area contributed by atoms with E-state index in [9.17, 15) is 4.79 Å². The molecule has 0 bridgehead atoms. The van der Waals surface area contributed by atoms with E-state index in [0.29, 0.717) is 18.7 Å². The van der Waals surface area contributed by atoms with Gasteiger partial charge in [-0.1, -0.05) is 26.0 Å². The molecule has 22 heavy (non-hydrogen) atoms. The number of methoxy groups -OCH3 is 1. The SMILES string of the molecule is COc1ccc(Cn2ncc3c2C(C)C(C)CC(=O)O3)cc1. The van der Waals surface area contributed by atoms with E-state index >= 15 is 0 Å². The van der Waals surface area contributed by atoms with Crippen molar-refractivity contribution in [2.45, 2.75) is 32.7 Å². The monoisotopic (exact) mass is 300 g/mol. The lowest BCUT2D eigenvalue weighted by atomic mass is 9.90. The number of rotatable bonds is 3. The molecule has 1 aromatic carbocycles. The van der Waals surface area contributed by atoms with Crippen LogP contribution in [0.4, 0.5) is 0 Å². The van der Waals surface area contributed by atoms with Crippen LogP contribution in [0.1, 0.15) is 37.4 Å². The maximum Gasteiger partial charge on any atom is 0.311 e. The minimum atomic E-state index is -0.179. The van der Waals surface area contributed by atoms with E-state index in [1.807, 2.05) is 28.9 Å². The highest BCUT2D eigenvalue weighted by Crippen LogP contribution is 2.36. The molecule has 0 aliphatic carbocycles. The van der Waals surface area contributed by atoms with E-state index in [0.717, 1.165) is 17.0 Å². The van der Waals surface area contributed by atoms with Crippen molar-refractivity contribution in [3.63, 3.8) is 0 Å². The molecular weight excluding hydrogens is 280 g/mol. The lowest BCUT2D eigenvalue weighted by Gasteiger charge is -2.17. The van der Waals surface area contributed by atoms with E-state index in [1.165, 1.54) is 0 Å². The van der Waals surface area contributed by atoms with Gasteiger partial charge in [-0.05, 0) is 23.6 Å². The number of nitrogens with zero attached hydrogens (tertiary/aromatic N) is 2. The molecule has 0 saturated heterocycles. The standard InChI is InChI=1S/C17H20N2O3/c1-11-8-16(20)22-15-9-18-19(17(15)12(11)2)10-13-4-6-14(21-3)7-5-13/h4-7,9,11-12H,8,10H2,1-3H3. The number of fused-ring (bicyclic) bond motifs is 1. The Morgan fingerprint density at radius 1 is 1.32 bits per heavy atom. The number of hydrogen-bond donors (Lipinski definition) is 0. The Morgan fingerprint density at radius 3 is 2.73 bits per heavy atom. The molecule has 1 aliphatic rings. The molecular formula is C17H20N2O3. The summed E-state index contributed by atoms with van der Waals surface area (Å²) >= 11 is 0. The third kappa shape index (κ3) is 2.71. The Morgan fingerprint density at radius 2 is 2.05 bits per heavy atom. The average Bonchev–Trinajstić information content (AvgIpc) is 2.84. The quantitative estimate of drug-likeness (QED) is 0.818. The van der Waals surface area contributed by atoms with Crippen molar-refractivity contribution in [2.75, 3.05) is 7.11 Å². The number of aromatic nitrogens is 2. The molecule has 0 fully saturated rings. The van der Waals surface area contributed by atoms with Crippen LogP contribution in [-0.2, 0) is 11.3 Å². The van der Waals surface area contributed by atoms with Crippen LogP contribution in [0.25, 0.3) is 0 Å². The summed E-state index contributed by atoms with van der Waals surface area (Å²) in [5.74, 6) is 1.71. The molecule has 2 unspecified atom stereocenters. The third-order valence-corrected chi connectivity index (χ3v) is 4.33. The van der Waals surface area contributed by atoms with Gasteiger partial charge in [0.15, 0.2) is 5.75 Å². The molecule has 3 rings (SSSR count). The Labute approximate surface area is 129 Å². The fourth-order valence-corrected chi connectivity index (χ4v) is 2.82. The second-order valence-corrected chi connectivity index (χ2v) is 5.84. The van der Waals surface area contributed by atoms with Crippen molar-refractivity contribution in [3.05, 3.63) is 41.7 Å². The Balaban J connectivity index is 1.90. The zero-order valence-corrected chi connectivity index (χ0v) is 13.1. The number of esters is 1. The van der Waals surface area contributed by atoms with Crippen LogP contribution in [0.3, 0.4) is 0 Å². The molecule has 0 radical (unpaired) electrons. The van der Waals surface area contributed by atoms with Crippen molar-refractivity contribution in [2.24, 2.45) is 5.92 Å². The van der Waals surface area contributed by atoms with Crippen molar-refractivity contribution in [1.82, 2.24) is 9.78 Å². The van der Waals surface area contributed by atoms with Gasteiger partial charge in [0.1, 0.15) is 5.75 Å². The van der Waals surface area contributed by atoms with Crippen molar-refractivity contribution in [3.8, 4) is 11.5 Å². The van der Waals surface area contributed by atoms with E-state index in [-0.39, 0.29) is 17.8 Å². The molecule has 0 spiro atoms. The molecule has 2 aromatic rings. The summed E-state index contributed by atoms with van der Waals surface area (Å²) in [7, 11) is 1.65. The first-order valence-corrected chi connectivity index (χ1v) is 7.47. The summed E-state index contributed by atoms with van der Waals surface area (Å²) in [5, 5.41) is 4.40. The molecule has 2 heterocycles. The van der Waals surface area contributed by atoms with Crippen molar-refractivity contribution < 1.29 is 14.3 Å². The maximum atomic E-state index is 11.8. The smallest absolute Gasteiger partial charge is 0.311 e. The minimum absolute atomic E-state index is 0.179. The van der Waals surface area contributed by atoms with Gasteiger partial charge in [0.2, 0.25) is 0 Å². The van der Waals surface area contributed by atoms with Crippen LogP contribution in [-0.4, -0.2) is 22.9 Å². The summed E-state index contributed by atoms with van der Waals surface area (Å²) in [4.78, 5) is 11.8. The molecule has 0 saturated carbocycles. The maximum absolute atomic E-state index is 11.8. The highest BCUT2D eigenvalue weighted by molar-refractivity contribution is 5.74. The number of hydrogen-bond acceptors (Lipinski definition) is 4. The number of benzene rings is 1. The van der Waals surface area contributed by atoms with Gasteiger partial charge in [-0.15, -0.1) is 0 Å². The minimum Gasteiger partial charge on any atom is -0.497 e. The zero-order valence-electron chi connectivity index (χ0n) is 13.1. The largest absolute Gasteiger partial charge is 0.497 e. The summed E-state index contributed by atoms with van der Waals surface area (Å²) < 4.78 is 12.5. The Hall–Kier alpha value is -2.30. The first-order valence-electron chi connectivity index (χ1n) is 7.47. The van der Waals surface area contributed by atoms with Gasteiger partial charge in [-0.3, -0.25) is 9.48 Å². The molecule has 2 atom stereocenters. The van der Waals surface area contributed by atoms with Gasteiger partial charge in [0.25, 0.3) is 0 Å². The summed E-state index contributed by atoms with van der Waals surface area (Å²) in [6, 6.07) is 7.90. The highest BCUT2D eigenvalue weighted by atomic mass is 16.5. The van der Waals surface area contributed by atoms with Gasteiger partial charge in [-0.2, -0.15) is 5.10 Å². The molecule has 5 nitrogen and oxygen atoms in total. The van der Waals surface area contributed by atoms with Crippen LogP contribution in [0.15, 0.2) is 30.5 Å². The number of ether oxygens (including phenoxy) is 2. The van der Waals surface area contributed by atoms with Crippen LogP contribution in [0, 0.1) is 5.92 Å². The van der Waals surface area contributed by atoms with Crippen LogP contribution in [0.2, 0.25) is 0 Å². The fraction of sp³-hybridized carbons (Fsp3) is 0.412. The topological polar surface area (TPSA) is 53.4 Å². The summed E-state index contributed by atoms with van der Waals surface area (Å²) in [6.45, 7) is 4.84. The van der Waals surface area contributed by atoms with Gasteiger partial charge in [0, 0.05) is 12.3 Å². The molecule has 1 aromatic heterocycles. The van der Waals surface area contributed by atoms with Crippen molar-refractivity contribution in [1.29, 1.82) is 0 Å². The summed E-state index contributed by atoms with van der Waals surface area (Å²) in [6.07, 6.45) is 2.09. The molecule has 116 valence electrons. The first kappa shape index (κ1) is 14.6. The summed E-state index contributed by atoms with van der Waals surface area (Å²) in [5.41, 5.74) is 2.12. The van der Waals surface area contributed by atoms with Gasteiger partial charge in [-0.25, -0.2) is 0 Å². The predicted molar refractivity (Wildman–Crippen MR) is 82.2 cm³/mol. The molecule has 0 N–H and O–H groups in total. The number of carbonyl (C=O) groups excluding carboxylic acids is 1. The number of carbonyl (C=O) groups is 1. The zero-order chi connectivity index (χ0) is 15.7. The van der Waals surface area contributed by atoms with Crippen molar-refractivity contribution >= 4 is 5.97 Å². The lowest BCUT2D eigenvalue weighted by Crippen LogP contribution is -2.14. The van der Waals surface area contributed by atoms with Gasteiger partial charge >= 0.3 is 5.97 Å². The third-order valence-electron chi connectivity index (χ3n) is 4.33. The second-order valence-electron chi connectivity index (χ2n) is 5.84. The van der Waals surface area contributed by atoms with E-state index in [4.69, 9.17) is 9.47 Å². The Bertz CT molecular complexity index is 676. The molecule has 0 amide bonds. The van der Waals surface area contributed by atoms with Crippen LogP contribution >= 0.6 is 0 Å². The van der Waals surface area contributed by atoms with Crippen LogP contribution < -0.4 is 9.47 Å². The Kier molecular flexibility index (Phi) is 3.88. The normalized spacial score (nSPS) is 21.0. The highest BCUT2D eigenvalue weighted by Gasteiger charge is 2.30. The molecule has 1 aliphatic heterocycles. The van der Waals surface area contributed by atoms with Gasteiger partial charge in [0.05, 0.1) is 25.5 Å².